The van der Waals surface area contributed by atoms with Crippen LogP contribution < -0.4 is 10.6 Å². The van der Waals surface area contributed by atoms with Crippen molar-refractivity contribution in [2.75, 3.05) is 26.2 Å². The normalized spacial score (nSPS) is 30.4. The lowest BCUT2D eigenvalue weighted by Crippen LogP contribution is -2.47. The number of nitrogens with one attached hydrogen (secondary N) is 2. The first-order valence-corrected chi connectivity index (χ1v) is 9.36. The number of hydrogen-bond acceptors (Lipinski definition) is 5. The van der Waals surface area contributed by atoms with Gasteiger partial charge in [0.25, 0.3) is 0 Å². The third-order valence-corrected chi connectivity index (χ3v) is 6.31. The molecular formula is C17H24N6O2. The van der Waals surface area contributed by atoms with Crippen LogP contribution in [0.2, 0.25) is 0 Å². The van der Waals surface area contributed by atoms with Gasteiger partial charge in [0.1, 0.15) is 5.82 Å². The molecule has 1 aromatic rings. The van der Waals surface area contributed by atoms with E-state index in [9.17, 15) is 9.59 Å². The summed E-state index contributed by atoms with van der Waals surface area (Å²) in [6, 6.07) is 0. The van der Waals surface area contributed by atoms with E-state index in [2.05, 4.69) is 25.4 Å². The molecular weight excluding hydrogens is 320 g/mol. The maximum Gasteiger partial charge on any atom is 0.230 e. The third kappa shape index (κ3) is 2.38. The largest absolute Gasteiger partial charge is 0.348 e. The van der Waals surface area contributed by atoms with E-state index in [1.165, 1.54) is 0 Å². The second-order valence-corrected chi connectivity index (χ2v) is 7.95. The Hall–Kier alpha value is -1.96. The number of fused-ring (bicyclic) bond motifs is 2. The van der Waals surface area contributed by atoms with Gasteiger partial charge in [-0.25, -0.2) is 0 Å². The number of carbonyl (C=O) groups is 2. The van der Waals surface area contributed by atoms with Crippen LogP contribution in [0.25, 0.3) is 0 Å². The number of carbonyl (C=O) groups excluding carboxylic acids is 2. The average molecular weight is 344 g/mol. The van der Waals surface area contributed by atoms with Crippen LogP contribution in [0.5, 0.6) is 0 Å². The van der Waals surface area contributed by atoms with Crippen molar-refractivity contribution in [2.45, 2.75) is 38.8 Å². The van der Waals surface area contributed by atoms with Gasteiger partial charge in [-0.1, -0.05) is 0 Å². The van der Waals surface area contributed by atoms with Crippen LogP contribution in [0, 0.1) is 17.3 Å². The van der Waals surface area contributed by atoms with E-state index in [0.29, 0.717) is 26.2 Å². The van der Waals surface area contributed by atoms with Crippen molar-refractivity contribution in [2.24, 2.45) is 17.3 Å². The van der Waals surface area contributed by atoms with E-state index >= 15 is 0 Å². The Bertz CT molecular complexity index is 727. The summed E-state index contributed by atoms with van der Waals surface area (Å²) >= 11 is 0. The molecule has 2 saturated heterocycles. The van der Waals surface area contributed by atoms with E-state index in [4.69, 9.17) is 0 Å². The summed E-state index contributed by atoms with van der Waals surface area (Å²) < 4.78 is 2.11. The lowest BCUT2D eigenvalue weighted by Gasteiger charge is -2.26. The summed E-state index contributed by atoms with van der Waals surface area (Å²) in [5, 5.41) is 14.8. The van der Waals surface area contributed by atoms with Crippen LogP contribution in [0.3, 0.4) is 0 Å². The van der Waals surface area contributed by atoms with Gasteiger partial charge in [-0.2, -0.15) is 0 Å². The van der Waals surface area contributed by atoms with E-state index in [1.807, 2.05) is 4.90 Å². The highest BCUT2D eigenvalue weighted by atomic mass is 16.2. The van der Waals surface area contributed by atoms with Gasteiger partial charge in [0.15, 0.2) is 5.82 Å². The molecule has 1 aromatic heterocycles. The van der Waals surface area contributed by atoms with Crippen molar-refractivity contribution >= 4 is 11.8 Å². The first kappa shape index (κ1) is 15.3. The fraction of sp³-hybridized carbons (Fsp3) is 0.765. The van der Waals surface area contributed by atoms with Crippen LogP contribution in [0.15, 0.2) is 0 Å². The lowest BCUT2D eigenvalue weighted by molar-refractivity contribution is -0.134. The lowest BCUT2D eigenvalue weighted by atomic mass is 9.80. The van der Waals surface area contributed by atoms with Gasteiger partial charge in [0, 0.05) is 51.0 Å². The van der Waals surface area contributed by atoms with Crippen molar-refractivity contribution < 1.29 is 9.59 Å². The second kappa shape index (κ2) is 5.52. The SMILES string of the molecule is O=C(C1CC1)N1C[C@@H]2CNC[C@]2(C(=O)NCc2nnc3n2CCC3)C1. The Morgan fingerprint density at radius 3 is 3.04 bits per heavy atom. The summed E-state index contributed by atoms with van der Waals surface area (Å²) in [5.74, 6) is 2.57. The maximum absolute atomic E-state index is 13.1. The Morgan fingerprint density at radius 1 is 1.32 bits per heavy atom. The summed E-state index contributed by atoms with van der Waals surface area (Å²) in [4.78, 5) is 27.4. The van der Waals surface area contributed by atoms with Gasteiger partial charge in [-0.05, 0) is 19.3 Å². The number of aromatic nitrogens is 3. The molecule has 0 radical (unpaired) electrons. The zero-order chi connectivity index (χ0) is 17.0. The molecule has 2 atom stereocenters. The number of hydrogen-bond donors (Lipinski definition) is 2. The van der Waals surface area contributed by atoms with Crippen LogP contribution in [-0.2, 0) is 29.1 Å². The van der Waals surface area contributed by atoms with Gasteiger partial charge >= 0.3 is 0 Å². The molecule has 4 aliphatic rings. The average Bonchev–Trinajstić information content (AvgIpc) is 2.95. The van der Waals surface area contributed by atoms with Crippen LogP contribution in [0.4, 0.5) is 0 Å². The van der Waals surface area contributed by atoms with Crippen LogP contribution in [0.1, 0.15) is 30.9 Å². The van der Waals surface area contributed by atoms with E-state index in [0.717, 1.165) is 50.4 Å². The van der Waals surface area contributed by atoms with Crippen molar-refractivity contribution in [3.8, 4) is 0 Å². The Balaban J connectivity index is 1.29. The number of amides is 2. The highest BCUT2D eigenvalue weighted by molar-refractivity contribution is 5.87. The monoisotopic (exact) mass is 344 g/mol. The third-order valence-electron chi connectivity index (χ3n) is 6.31. The number of rotatable bonds is 4. The minimum atomic E-state index is -0.488. The second-order valence-electron chi connectivity index (χ2n) is 7.95. The molecule has 1 aliphatic carbocycles. The maximum atomic E-state index is 13.1. The highest BCUT2D eigenvalue weighted by Gasteiger charge is 2.56. The smallest absolute Gasteiger partial charge is 0.230 e. The molecule has 8 nitrogen and oxygen atoms in total. The Kier molecular flexibility index (Phi) is 3.38. The molecule has 2 amide bonds. The van der Waals surface area contributed by atoms with Gasteiger partial charge in [-0.15, -0.1) is 10.2 Å². The molecule has 0 aromatic carbocycles. The summed E-state index contributed by atoms with van der Waals surface area (Å²) in [6.07, 6.45) is 4.08. The molecule has 3 aliphatic heterocycles. The molecule has 25 heavy (non-hydrogen) atoms. The van der Waals surface area contributed by atoms with Crippen molar-refractivity contribution in [3.63, 3.8) is 0 Å². The van der Waals surface area contributed by atoms with Crippen molar-refractivity contribution in [3.05, 3.63) is 11.6 Å². The fourth-order valence-electron chi connectivity index (χ4n) is 4.68. The van der Waals surface area contributed by atoms with Gasteiger partial charge < -0.3 is 20.1 Å². The molecule has 8 heteroatoms. The minimum Gasteiger partial charge on any atom is -0.348 e. The van der Waals surface area contributed by atoms with E-state index in [-0.39, 0.29) is 23.7 Å². The number of aryl methyl sites for hydroxylation is 1. The fourth-order valence-corrected chi connectivity index (χ4v) is 4.68. The Morgan fingerprint density at radius 2 is 2.20 bits per heavy atom. The number of nitrogens with zero attached hydrogens (tertiary/aromatic N) is 4. The van der Waals surface area contributed by atoms with Crippen molar-refractivity contribution in [1.29, 1.82) is 0 Å². The molecule has 4 heterocycles. The van der Waals surface area contributed by atoms with Gasteiger partial charge in [0.05, 0.1) is 12.0 Å². The summed E-state index contributed by atoms with van der Waals surface area (Å²) in [6.45, 7) is 4.06. The molecule has 134 valence electrons. The van der Waals surface area contributed by atoms with Gasteiger partial charge in [-0.3, -0.25) is 9.59 Å². The van der Waals surface area contributed by atoms with Crippen LogP contribution >= 0.6 is 0 Å². The quantitative estimate of drug-likeness (QED) is 0.753. The van der Waals surface area contributed by atoms with Crippen LogP contribution in [-0.4, -0.2) is 57.7 Å². The van der Waals surface area contributed by atoms with E-state index < -0.39 is 5.41 Å². The number of likely N-dealkylation sites (tertiary alicyclic amines) is 1. The van der Waals surface area contributed by atoms with E-state index in [1.54, 1.807) is 0 Å². The molecule has 5 rings (SSSR count). The topological polar surface area (TPSA) is 92.2 Å². The standard InChI is InChI=1S/C17H24N6O2/c24-15(11-3-4-11)22-8-12-6-18-9-17(12,10-22)16(25)19-7-14-21-20-13-2-1-5-23(13)14/h11-12,18H,1-10H2,(H,19,25)/t12-,17-/m0/s1. The predicted molar refractivity (Wildman–Crippen MR) is 88.3 cm³/mol. The zero-order valence-corrected chi connectivity index (χ0v) is 14.3. The zero-order valence-electron chi connectivity index (χ0n) is 14.3. The van der Waals surface area contributed by atoms with Crippen molar-refractivity contribution in [1.82, 2.24) is 30.3 Å². The molecule has 0 spiro atoms. The summed E-state index contributed by atoms with van der Waals surface area (Å²) in [5.41, 5.74) is -0.488. The van der Waals surface area contributed by atoms with Gasteiger partial charge in [0.2, 0.25) is 11.8 Å². The predicted octanol–water partition coefficient (Wildman–Crippen LogP) is -0.701. The molecule has 0 unspecified atom stereocenters. The molecule has 0 bridgehead atoms. The highest BCUT2D eigenvalue weighted by Crippen LogP contribution is 2.42. The molecule has 1 saturated carbocycles. The minimum absolute atomic E-state index is 0.0453. The first-order chi connectivity index (χ1) is 12.2. The Labute approximate surface area is 146 Å². The summed E-state index contributed by atoms with van der Waals surface area (Å²) in [7, 11) is 0. The molecule has 2 N–H and O–H groups in total. The molecule has 3 fully saturated rings. The first-order valence-electron chi connectivity index (χ1n) is 9.36.